The van der Waals surface area contributed by atoms with Crippen molar-refractivity contribution >= 4 is 44.3 Å². The highest BCUT2D eigenvalue weighted by molar-refractivity contribution is 7.22. The molecule has 36 heavy (non-hydrogen) atoms. The number of carbonyl (C=O) groups excluding carboxylic acids is 3. The molecule has 2 heterocycles. The molecule has 1 saturated heterocycles. The molecule has 0 radical (unpaired) electrons. The van der Waals surface area contributed by atoms with Crippen molar-refractivity contribution in [1.82, 2.24) is 14.8 Å². The summed E-state index contributed by atoms with van der Waals surface area (Å²) in [6, 6.07) is 12.8. The fourth-order valence-corrected chi connectivity index (χ4v) is 4.77. The largest absolute Gasteiger partial charge is 0.483 e. The highest BCUT2D eigenvalue weighted by atomic mass is 32.1. The van der Waals surface area contributed by atoms with Crippen molar-refractivity contribution in [2.45, 2.75) is 19.8 Å². The van der Waals surface area contributed by atoms with Gasteiger partial charge in [-0.15, -0.1) is 0 Å². The van der Waals surface area contributed by atoms with Crippen molar-refractivity contribution in [1.29, 1.82) is 0 Å². The molecular formula is C27H30N4O4S. The average molecular weight is 507 g/mol. The standard InChI is InChI=1S/C27H30N4O4S/c1-18(2)20-16-19(22(32)9-11-26(34)31-14-12-30(3)13-15-31)8-10-23(20)35-17-25(33)29-27-28-21-6-4-5-7-24(21)36-27/h4-11,16,18H,12-15,17H2,1-3H3,(H,28,29,33)/b11-9-. The molecule has 3 aromatic rings. The zero-order valence-electron chi connectivity index (χ0n) is 20.7. The van der Waals surface area contributed by atoms with Crippen LogP contribution in [0, 0.1) is 0 Å². The number of nitrogens with one attached hydrogen (secondary N) is 1. The second-order valence-electron chi connectivity index (χ2n) is 9.06. The number of amides is 2. The zero-order chi connectivity index (χ0) is 25.7. The Morgan fingerprint density at radius 3 is 2.56 bits per heavy atom. The minimum absolute atomic E-state index is 0.0658. The van der Waals surface area contributed by atoms with Gasteiger partial charge in [-0.3, -0.25) is 19.7 Å². The lowest BCUT2D eigenvalue weighted by molar-refractivity contribution is -0.127. The molecule has 0 spiro atoms. The molecule has 0 atom stereocenters. The molecule has 1 N–H and O–H groups in total. The molecule has 1 aliphatic heterocycles. The SMILES string of the molecule is CC(C)c1cc(C(=O)/C=C\C(=O)N2CCN(C)CC2)ccc1OCC(=O)Nc1nc2ccccc2s1. The molecule has 2 amide bonds. The summed E-state index contributed by atoms with van der Waals surface area (Å²) < 4.78 is 6.79. The van der Waals surface area contributed by atoms with E-state index in [4.69, 9.17) is 4.74 Å². The third-order valence-electron chi connectivity index (χ3n) is 6.01. The van der Waals surface area contributed by atoms with E-state index in [2.05, 4.69) is 15.2 Å². The van der Waals surface area contributed by atoms with Gasteiger partial charge in [0, 0.05) is 37.8 Å². The number of hydrogen-bond acceptors (Lipinski definition) is 7. The van der Waals surface area contributed by atoms with Crippen molar-refractivity contribution in [3.63, 3.8) is 0 Å². The first-order valence-corrected chi connectivity index (χ1v) is 12.7. The highest BCUT2D eigenvalue weighted by Gasteiger charge is 2.18. The molecular weight excluding hydrogens is 476 g/mol. The van der Waals surface area contributed by atoms with Crippen molar-refractivity contribution in [2.75, 3.05) is 45.2 Å². The van der Waals surface area contributed by atoms with Gasteiger partial charge in [0.05, 0.1) is 10.2 Å². The van der Waals surface area contributed by atoms with Crippen LogP contribution in [0.2, 0.25) is 0 Å². The van der Waals surface area contributed by atoms with Crippen LogP contribution < -0.4 is 10.1 Å². The summed E-state index contributed by atoms with van der Waals surface area (Å²) in [4.78, 5) is 45.9. The van der Waals surface area contributed by atoms with Crippen LogP contribution in [-0.2, 0) is 9.59 Å². The van der Waals surface area contributed by atoms with Crippen LogP contribution >= 0.6 is 11.3 Å². The molecule has 0 unspecified atom stereocenters. The van der Waals surface area contributed by atoms with Crippen molar-refractivity contribution in [3.05, 3.63) is 65.7 Å². The second kappa shape index (κ2) is 11.5. The molecule has 188 valence electrons. The number of para-hydroxylation sites is 1. The van der Waals surface area contributed by atoms with Crippen molar-refractivity contribution in [3.8, 4) is 5.75 Å². The molecule has 2 aromatic carbocycles. The van der Waals surface area contributed by atoms with E-state index in [9.17, 15) is 14.4 Å². The highest BCUT2D eigenvalue weighted by Crippen LogP contribution is 2.29. The quantitative estimate of drug-likeness (QED) is 0.367. The molecule has 0 bridgehead atoms. The van der Waals surface area contributed by atoms with Gasteiger partial charge >= 0.3 is 0 Å². The third-order valence-corrected chi connectivity index (χ3v) is 6.96. The van der Waals surface area contributed by atoms with E-state index in [1.807, 2.05) is 45.2 Å². The Morgan fingerprint density at radius 2 is 1.83 bits per heavy atom. The summed E-state index contributed by atoms with van der Waals surface area (Å²) >= 11 is 1.40. The maximum absolute atomic E-state index is 12.7. The van der Waals surface area contributed by atoms with Crippen LogP contribution in [0.5, 0.6) is 5.75 Å². The predicted octanol–water partition coefficient (Wildman–Crippen LogP) is 3.95. The minimum atomic E-state index is -0.311. The molecule has 1 fully saturated rings. The Labute approximate surface area is 214 Å². The topological polar surface area (TPSA) is 91.8 Å². The molecule has 1 aromatic heterocycles. The predicted molar refractivity (Wildman–Crippen MR) is 142 cm³/mol. The fourth-order valence-electron chi connectivity index (χ4n) is 3.88. The molecule has 1 aliphatic rings. The van der Waals surface area contributed by atoms with E-state index >= 15 is 0 Å². The first kappa shape index (κ1) is 25.5. The van der Waals surface area contributed by atoms with Gasteiger partial charge in [0.15, 0.2) is 17.5 Å². The first-order valence-electron chi connectivity index (χ1n) is 11.9. The average Bonchev–Trinajstić information content (AvgIpc) is 3.28. The zero-order valence-corrected chi connectivity index (χ0v) is 21.5. The lowest BCUT2D eigenvalue weighted by Gasteiger charge is -2.31. The number of ether oxygens (including phenoxy) is 1. The van der Waals surface area contributed by atoms with E-state index in [1.54, 1.807) is 23.1 Å². The Balaban J connectivity index is 1.37. The van der Waals surface area contributed by atoms with E-state index in [1.165, 1.54) is 23.5 Å². The number of piperazine rings is 1. The molecule has 8 nitrogen and oxygen atoms in total. The Morgan fingerprint density at radius 1 is 1.08 bits per heavy atom. The Bertz CT molecular complexity index is 1260. The van der Waals surface area contributed by atoms with Crippen LogP contribution in [-0.4, -0.2) is 72.2 Å². The summed E-state index contributed by atoms with van der Waals surface area (Å²) in [6.45, 7) is 6.77. The summed E-state index contributed by atoms with van der Waals surface area (Å²) in [6.07, 6.45) is 2.67. The van der Waals surface area contributed by atoms with E-state index in [0.29, 0.717) is 29.5 Å². The van der Waals surface area contributed by atoms with Gasteiger partial charge < -0.3 is 14.5 Å². The van der Waals surface area contributed by atoms with Gasteiger partial charge in [-0.25, -0.2) is 4.98 Å². The summed E-state index contributed by atoms with van der Waals surface area (Å²) in [5.74, 6) is -0.108. The lowest BCUT2D eigenvalue weighted by atomic mass is 9.98. The van der Waals surface area contributed by atoms with Crippen LogP contribution in [0.4, 0.5) is 5.13 Å². The number of ketones is 1. The monoisotopic (exact) mass is 506 g/mol. The van der Waals surface area contributed by atoms with Gasteiger partial charge in [0.2, 0.25) is 5.91 Å². The van der Waals surface area contributed by atoms with Crippen molar-refractivity contribution in [2.24, 2.45) is 0 Å². The number of fused-ring (bicyclic) bond motifs is 1. The number of carbonyl (C=O) groups is 3. The number of rotatable bonds is 8. The van der Waals surface area contributed by atoms with Crippen LogP contribution in [0.3, 0.4) is 0 Å². The van der Waals surface area contributed by atoms with E-state index < -0.39 is 0 Å². The Kier molecular flexibility index (Phi) is 8.12. The minimum Gasteiger partial charge on any atom is -0.483 e. The van der Waals surface area contributed by atoms with Gasteiger partial charge in [-0.05, 0) is 54.9 Å². The van der Waals surface area contributed by atoms with E-state index in [-0.39, 0.29) is 30.1 Å². The van der Waals surface area contributed by atoms with Gasteiger partial charge in [0.25, 0.3) is 5.91 Å². The van der Waals surface area contributed by atoms with E-state index in [0.717, 1.165) is 28.9 Å². The van der Waals surface area contributed by atoms with Gasteiger partial charge in [0.1, 0.15) is 5.75 Å². The molecule has 0 saturated carbocycles. The number of aromatic nitrogens is 1. The summed E-state index contributed by atoms with van der Waals surface area (Å²) in [7, 11) is 2.02. The second-order valence-corrected chi connectivity index (χ2v) is 10.1. The van der Waals surface area contributed by atoms with Crippen LogP contribution in [0.1, 0.15) is 35.7 Å². The number of nitrogens with zero attached hydrogens (tertiary/aromatic N) is 3. The lowest BCUT2D eigenvalue weighted by Crippen LogP contribution is -2.46. The summed E-state index contributed by atoms with van der Waals surface area (Å²) in [5, 5.41) is 3.30. The Hall–Kier alpha value is -3.56. The number of thiazole rings is 1. The number of hydrogen-bond donors (Lipinski definition) is 1. The summed E-state index contributed by atoms with van der Waals surface area (Å²) in [5.41, 5.74) is 2.11. The molecule has 0 aliphatic carbocycles. The van der Waals surface area contributed by atoms with Gasteiger partial charge in [-0.1, -0.05) is 37.3 Å². The number of benzene rings is 2. The number of anilines is 1. The third kappa shape index (κ3) is 6.35. The van der Waals surface area contributed by atoms with Crippen LogP contribution in [0.25, 0.3) is 10.2 Å². The fraction of sp³-hybridized carbons (Fsp3) is 0.333. The first-order chi connectivity index (χ1) is 17.3. The number of likely N-dealkylation sites (N-methyl/N-ethyl adjacent to an activating group) is 1. The normalized spacial score (nSPS) is 14.5. The van der Waals surface area contributed by atoms with Gasteiger partial charge in [-0.2, -0.15) is 0 Å². The molecule has 4 rings (SSSR count). The van der Waals surface area contributed by atoms with Crippen LogP contribution in [0.15, 0.2) is 54.6 Å². The van der Waals surface area contributed by atoms with Crippen molar-refractivity contribution < 1.29 is 19.1 Å². The smallest absolute Gasteiger partial charge is 0.264 e. The maximum atomic E-state index is 12.7. The maximum Gasteiger partial charge on any atom is 0.264 e. The molecule has 9 heteroatoms. The number of allylic oxidation sites excluding steroid dienone is 1.